The summed E-state index contributed by atoms with van der Waals surface area (Å²) in [5, 5.41) is 16.5. The summed E-state index contributed by atoms with van der Waals surface area (Å²) in [4.78, 5) is 21.3. The number of nitrogens with zero attached hydrogens (tertiary/aromatic N) is 3. The van der Waals surface area contributed by atoms with Crippen molar-refractivity contribution >= 4 is 23.3 Å². The van der Waals surface area contributed by atoms with Crippen molar-refractivity contribution in [3.05, 3.63) is 21.3 Å². The Labute approximate surface area is 102 Å². The number of carbonyl (C=O) groups excluding carboxylic acids is 1. The van der Waals surface area contributed by atoms with Crippen molar-refractivity contribution < 1.29 is 9.72 Å². The van der Waals surface area contributed by atoms with Crippen molar-refractivity contribution in [3.63, 3.8) is 0 Å². The SMILES string of the molecule is C#CCNC(=O)C(C)n1cc(Cl)c([N+](=O)[O-])n1. The standard InChI is InChI=1S/C9H9ClN4O3/c1-3-4-11-9(15)6(2)13-5-7(10)8(12-13)14(16)17/h1,5-6H,4H2,2H3,(H,11,15). The zero-order valence-corrected chi connectivity index (χ0v) is 9.64. The molecule has 1 N–H and O–H groups in total. The molecule has 0 aliphatic heterocycles. The zero-order valence-electron chi connectivity index (χ0n) is 8.88. The number of hydrogen-bond donors (Lipinski definition) is 1. The second kappa shape index (κ2) is 5.32. The number of terminal acetylenes is 1. The van der Waals surface area contributed by atoms with Gasteiger partial charge in [0.2, 0.25) is 5.91 Å². The lowest BCUT2D eigenvalue weighted by atomic mass is 10.3. The molecule has 0 bridgehead atoms. The fourth-order valence-electron chi connectivity index (χ4n) is 1.09. The molecule has 1 aromatic heterocycles. The molecule has 0 aliphatic carbocycles. The van der Waals surface area contributed by atoms with Gasteiger partial charge in [-0.15, -0.1) is 6.42 Å². The van der Waals surface area contributed by atoms with Gasteiger partial charge in [-0.1, -0.05) is 17.5 Å². The summed E-state index contributed by atoms with van der Waals surface area (Å²) < 4.78 is 1.12. The van der Waals surface area contributed by atoms with E-state index in [1.165, 1.54) is 13.1 Å². The highest BCUT2D eigenvalue weighted by atomic mass is 35.5. The molecule has 1 amide bonds. The molecule has 0 radical (unpaired) electrons. The van der Waals surface area contributed by atoms with Crippen molar-refractivity contribution in [3.8, 4) is 12.3 Å². The third-order valence-corrected chi connectivity index (χ3v) is 2.25. The minimum atomic E-state index is -0.727. The molecule has 17 heavy (non-hydrogen) atoms. The number of aromatic nitrogens is 2. The summed E-state index contributed by atoms with van der Waals surface area (Å²) in [6.07, 6.45) is 6.21. The minimum absolute atomic E-state index is 0.0836. The largest absolute Gasteiger partial charge is 0.408 e. The van der Waals surface area contributed by atoms with Crippen molar-refractivity contribution in [1.29, 1.82) is 0 Å². The van der Waals surface area contributed by atoms with E-state index in [4.69, 9.17) is 18.0 Å². The fraction of sp³-hybridized carbons (Fsp3) is 0.333. The van der Waals surface area contributed by atoms with E-state index in [9.17, 15) is 14.9 Å². The highest BCUT2D eigenvalue weighted by Gasteiger charge is 2.25. The quantitative estimate of drug-likeness (QED) is 0.489. The van der Waals surface area contributed by atoms with E-state index >= 15 is 0 Å². The molecule has 1 unspecified atom stereocenters. The van der Waals surface area contributed by atoms with Crippen LogP contribution in [0.5, 0.6) is 0 Å². The van der Waals surface area contributed by atoms with Crippen LogP contribution in [0.2, 0.25) is 5.02 Å². The predicted octanol–water partition coefficient (Wildman–Crippen LogP) is 0.755. The van der Waals surface area contributed by atoms with Gasteiger partial charge in [0.1, 0.15) is 6.04 Å². The lowest BCUT2D eigenvalue weighted by molar-refractivity contribution is -0.389. The number of hydrogen-bond acceptors (Lipinski definition) is 4. The van der Waals surface area contributed by atoms with Gasteiger partial charge in [0.05, 0.1) is 17.8 Å². The topological polar surface area (TPSA) is 90.1 Å². The lowest BCUT2D eigenvalue weighted by Gasteiger charge is -2.07. The maximum absolute atomic E-state index is 11.5. The lowest BCUT2D eigenvalue weighted by Crippen LogP contribution is -2.31. The Morgan fingerprint density at radius 2 is 2.53 bits per heavy atom. The van der Waals surface area contributed by atoms with Crippen molar-refractivity contribution in [2.75, 3.05) is 6.54 Å². The molecule has 1 rings (SSSR count). The van der Waals surface area contributed by atoms with Gasteiger partial charge in [0.15, 0.2) is 5.02 Å². The smallest absolute Gasteiger partial charge is 0.358 e. The zero-order chi connectivity index (χ0) is 13.0. The number of amides is 1. The number of halogens is 1. The van der Waals surface area contributed by atoms with E-state index in [1.807, 2.05) is 0 Å². The molecule has 0 saturated heterocycles. The molecule has 0 aliphatic rings. The van der Waals surface area contributed by atoms with Crippen LogP contribution in [0.25, 0.3) is 0 Å². The molecule has 90 valence electrons. The molecule has 0 fully saturated rings. The molecule has 8 heteroatoms. The number of nitrogens with one attached hydrogen (secondary N) is 1. The molecule has 1 aromatic rings. The second-order valence-corrected chi connectivity index (χ2v) is 3.54. The van der Waals surface area contributed by atoms with Gasteiger partial charge < -0.3 is 15.4 Å². The molecule has 1 heterocycles. The number of rotatable bonds is 4. The van der Waals surface area contributed by atoms with E-state index in [0.29, 0.717) is 0 Å². The van der Waals surface area contributed by atoms with Crippen molar-refractivity contribution in [2.24, 2.45) is 0 Å². The molecular formula is C9H9ClN4O3. The second-order valence-electron chi connectivity index (χ2n) is 3.14. The Morgan fingerprint density at radius 3 is 3.00 bits per heavy atom. The first-order valence-corrected chi connectivity index (χ1v) is 4.95. The maximum Gasteiger partial charge on any atom is 0.408 e. The van der Waals surface area contributed by atoms with Gasteiger partial charge in [-0.05, 0) is 11.8 Å². The maximum atomic E-state index is 11.5. The summed E-state index contributed by atoms with van der Waals surface area (Å²) in [6, 6.07) is -0.727. The van der Waals surface area contributed by atoms with E-state index in [-0.39, 0.29) is 11.6 Å². The molecule has 0 spiro atoms. The first-order chi connectivity index (χ1) is 7.97. The summed E-state index contributed by atoms with van der Waals surface area (Å²) in [5.74, 6) is 1.37. The molecule has 1 atom stereocenters. The third-order valence-electron chi connectivity index (χ3n) is 1.98. The van der Waals surface area contributed by atoms with Crippen molar-refractivity contribution in [2.45, 2.75) is 13.0 Å². The van der Waals surface area contributed by atoms with Gasteiger partial charge in [0, 0.05) is 0 Å². The molecule has 0 aromatic carbocycles. The summed E-state index contributed by atoms with van der Waals surface area (Å²) >= 11 is 5.60. The van der Waals surface area contributed by atoms with Crippen molar-refractivity contribution in [1.82, 2.24) is 15.1 Å². The van der Waals surface area contributed by atoms with Crippen LogP contribution < -0.4 is 5.32 Å². The highest BCUT2D eigenvalue weighted by Crippen LogP contribution is 2.23. The van der Waals surface area contributed by atoms with E-state index < -0.39 is 22.7 Å². The van der Waals surface area contributed by atoms with Crippen LogP contribution in [0, 0.1) is 22.5 Å². The first-order valence-electron chi connectivity index (χ1n) is 4.57. The van der Waals surface area contributed by atoms with Crippen LogP contribution in [-0.4, -0.2) is 27.2 Å². The average molecular weight is 257 g/mol. The monoisotopic (exact) mass is 256 g/mol. The van der Waals surface area contributed by atoms with Gasteiger partial charge in [0.25, 0.3) is 0 Å². The van der Waals surface area contributed by atoms with Crippen LogP contribution in [0.15, 0.2) is 6.20 Å². The van der Waals surface area contributed by atoms with Crippen LogP contribution in [0.3, 0.4) is 0 Å². The van der Waals surface area contributed by atoms with Crippen LogP contribution in [-0.2, 0) is 4.79 Å². The van der Waals surface area contributed by atoms with Gasteiger partial charge in [-0.2, -0.15) is 4.68 Å². The predicted molar refractivity (Wildman–Crippen MR) is 60.4 cm³/mol. The summed E-state index contributed by atoms with van der Waals surface area (Å²) in [5.41, 5.74) is 0. The third kappa shape index (κ3) is 2.95. The van der Waals surface area contributed by atoms with E-state index in [1.54, 1.807) is 0 Å². The van der Waals surface area contributed by atoms with Gasteiger partial charge >= 0.3 is 5.82 Å². The Bertz CT molecular complexity index is 491. The molecular weight excluding hydrogens is 248 g/mol. The van der Waals surface area contributed by atoms with Crippen LogP contribution >= 0.6 is 11.6 Å². The van der Waals surface area contributed by atoms with E-state index in [0.717, 1.165) is 4.68 Å². The Kier molecular flexibility index (Phi) is 4.06. The van der Waals surface area contributed by atoms with E-state index in [2.05, 4.69) is 16.3 Å². The molecule has 0 saturated carbocycles. The Morgan fingerprint density at radius 1 is 1.88 bits per heavy atom. The van der Waals surface area contributed by atoms with Gasteiger partial charge in [-0.3, -0.25) is 4.79 Å². The number of carbonyl (C=O) groups is 1. The molecule has 7 nitrogen and oxygen atoms in total. The van der Waals surface area contributed by atoms with Crippen LogP contribution in [0.4, 0.5) is 5.82 Å². The Hall–Kier alpha value is -2.07. The van der Waals surface area contributed by atoms with Crippen LogP contribution in [0.1, 0.15) is 13.0 Å². The summed E-state index contributed by atoms with van der Waals surface area (Å²) in [6.45, 7) is 1.61. The minimum Gasteiger partial charge on any atom is -0.358 e. The fourth-order valence-corrected chi connectivity index (χ4v) is 1.29. The average Bonchev–Trinajstić information content (AvgIpc) is 2.67. The highest BCUT2D eigenvalue weighted by molar-refractivity contribution is 6.32. The summed E-state index contributed by atoms with van der Waals surface area (Å²) in [7, 11) is 0. The van der Waals surface area contributed by atoms with Gasteiger partial charge in [-0.25, -0.2) is 0 Å². The first kappa shape index (κ1) is 13.0. The number of nitro groups is 1. The Balaban J connectivity index is 2.86. The normalized spacial score (nSPS) is 11.6.